The number of nitrogens with zero attached hydrogens (tertiary/aromatic N) is 3. The van der Waals surface area contributed by atoms with Crippen molar-refractivity contribution >= 4 is 21.9 Å². The lowest BCUT2D eigenvalue weighted by Gasteiger charge is -2.28. The van der Waals surface area contributed by atoms with Crippen LogP contribution in [0.15, 0.2) is 48.8 Å². The summed E-state index contributed by atoms with van der Waals surface area (Å²) in [4.78, 5) is 30.1. The minimum absolute atomic E-state index is 0.0338. The average molecular weight is 432 g/mol. The molecule has 30 heavy (non-hydrogen) atoms. The molecule has 1 aromatic carbocycles. The molecule has 1 aliphatic rings. The number of carboxylic acids is 1. The topological polar surface area (TPSA) is 108 Å². The number of hydrogen-bond donors (Lipinski definition) is 1. The minimum atomic E-state index is -3.50. The van der Waals surface area contributed by atoms with E-state index in [9.17, 15) is 23.1 Å². The molecule has 3 rings (SSSR count). The Morgan fingerprint density at radius 1 is 1.00 bits per heavy atom. The second kappa shape index (κ2) is 9.82. The first kappa shape index (κ1) is 21.9. The summed E-state index contributed by atoms with van der Waals surface area (Å²) < 4.78 is 27.0. The Balaban J connectivity index is 1.83. The number of hydrogen-bond acceptors (Lipinski definition) is 5. The molecule has 1 amide bonds. The molecule has 8 nitrogen and oxygen atoms in total. The first-order valence-corrected chi connectivity index (χ1v) is 11.5. The molecule has 160 valence electrons. The third kappa shape index (κ3) is 5.43. The van der Waals surface area contributed by atoms with Gasteiger partial charge in [0, 0.05) is 38.6 Å². The van der Waals surface area contributed by atoms with E-state index in [1.807, 2.05) is 0 Å². The van der Waals surface area contributed by atoms with Gasteiger partial charge in [-0.1, -0.05) is 18.6 Å². The lowest BCUT2D eigenvalue weighted by Crippen LogP contribution is -2.42. The van der Waals surface area contributed by atoms with Gasteiger partial charge in [0.25, 0.3) is 5.91 Å². The second-order valence-corrected chi connectivity index (χ2v) is 9.30. The molecule has 1 fully saturated rings. The number of aromatic carboxylic acids is 1. The molecule has 0 spiro atoms. The SMILES string of the molecule is O=C(O)c1ccccc1C(=O)N(CCS(=O)(=O)N1CCCCC1)Cc1ccncc1. The number of carbonyl (C=O) groups is 2. The zero-order chi connectivity index (χ0) is 21.6. The van der Waals surface area contributed by atoms with Gasteiger partial charge < -0.3 is 10.0 Å². The zero-order valence-electron chi connectivity index (χ0n) is 16.6. The molecule has 1 saturated heterocycles. The summed E-state index contributed by atoms with van der Waals surface area (Å²) in [5, 5.41) is 9.43. The number of rotatable bonds is 8. The van der Waals surface area contributed by atoms with E-state index in [2.05, 4.69) is 4.98 Å². The van der Waals surface area contributed by atoms with E-state index in [4.69, 9.17) is 0 Å². The fraction of sp³-hybridized carbons (Fsp3) is 0.381. The summed E-state index contributed by atoms with van der Waals surface area (Å²) in [6, 6.07) is 9.43. The lowest BCUT2D eigenvalue weighted by molar-refractivity contribution is 0.0674. The predicted octanol–water partition coefficient (Wildman–Crippen LogP) is 2.24. The summed E-state index contributed by atoms with van der Waals surface area (Å²) >= 11 is 0. The summed E-state index contributed by atoms with van der Waals surface area (Å²) in [7, 11) is -3.50. The van der Waals surface area contributed by atoms with Crippen LogP contribution in [0.3, 0.4) is 0 Å². The molecule has 0 radical (unpaired) electrons. The summed E-state index contributed by atoms with van der Waals surface area (Å²) in [5.41, 5.74) is 0.706. The van der Waals surface area contributed by atoms with Gasteiger partial charge in [0.05, 0.1) is 16.9 Å². The Morgan fingerprint density at radius 3 is 2.27 bits per heavy atom. The molecule has 1 aliphatic heterocycles. The van der Waals surface area contributed by atoms with Gasteiger partial charge in [0.1, 0.15) is 0 Å². The van der Waals surface area contributed by atoms with Crippen LogP contribution in [-0.2, 0) is 16.6 Å². The minimum Gasteiger partial charge on any atom is -0.478 e. The van der Waals surface area contributed by atoms with Crippen LogP contribution in [0.25, 0.3) is 0 Å². The second-order valence-electron chi connectivity index (χ2n) is 7.21. The van der Waals surface area contributed by atoms with Crippen molar-refractivity contribution in [2.45, 2.75) is 25.8 Å². The van der Waals surface area contributed by atoms with Gasteiger partial charge in [-0.05, 0) is 42.7 Å². The Morgan fingerprint density at radius 2 is 1.63 bits per heavy atom. The quantitative estimate of drug-likeness (QED) is 0.687. The fourth-order valence-electron chi connectivity index (χ4n) is 3.49. The summed E-state index contributed by atoms with van der Waals surface area (Å²) in [6.07, 6.45) is 5.88. The number of amides is 1. The van der Waals surface area contributed by atoms with Crippen LogP contribution in [-0.4, -0.2) is 65.0 Å². The molecule has 0 bridgehead atoms. The molecule has 0 saturated carbocycles. The van der Waals surface area contributed by atoms with Gasteiger partial charge in [0.2, 0.25) is 10.0 Å². The van der Waals surface area contributed by atoms with Crippen molar-refractivity contribution in [3.05, 3.63) is 65.5 Å². The van der Waals surface area contributed by atoms with E-state index >= 15 is 0 Å². The van der Waals surface area contributed by atoms with E-state index < -0.39 is 21.9 Å². The van der Waals surface area contributed by atoms with Crippen LogP contribution < -0.4 is 0 Å². The van der Waals surface area contributed by atoms with Gasteiger partial charge in [-0.25, -0.2) is 17.5 Å². The van der Waals surface area contributed by atoms with Crippen molar-refractivity contribution in [3.63, 3.8) is 0 Å². The van der Waals surface area contributed by atoms with E-state index in [1.54, 1.807) is 36.7 Å². The van der Waals surface area contributed by atoms with Crippen LogP contribution in [0, 0.1) is 0 Å². The maximum Gasteiger partial charge on any atom is 0.336 e. The number of piperidine rings is 1. The lowest BCUT2D eigenvalue weighted by atomic mass is 10.1. The molecule has 0 atom stereocenters. The normalized spacial score (nSPS) is 14.9. The molecule has 0 unspecified atom stereocenters. The van der Waals surface area contributed by atoms with E-state index in [-0.39, 0.29) is 30.0 Å². The standard InChI is InChI=1S/C21H25N3O5S/c25-20(18-6-2-3-7-19(18)21(26)27)23(16-17-8-10-22-11-9-17)14-15-30(28,29)24-12-4-1-5-13-24/h2-3,6-11H,1,4-5,12-16H2,(H,26,27). The van der Waals surface area contributed by atoms with Gasteiger partial charge >= 0.3 is 5.97 Å². The van der Waals surface area contributed by atoms with Crippen molar-refractivity contribution in [3.8, 4) is 0 Å². The average Bonchev–Trinajstić information content (AvgIpc) is 2.77. The highest BCUT2D eigenvalue weighted by Gasteiger charge is 2.27. The Hall–Kier alpha value is -2.78. The molecule has 0 aliphatic carbocycles. The highest BCUT2D eigenvalue weighted by Crippen LogP contribution is 2.17. The monoisotopic (exact) mass is 431 g/mol. The summed E-state index contributed by atoms with van der Waals surface area (Å²) in [6.45, 7) is 1.13. The Kier molecular flexibility index (Phi) is 7.17. The number of benzene rings is 1. The molecule has 1 aromatic heterocycles. The third-order valence-corrected chi connectivity index (χ3v) is 6.98. The maximum atomic E-state index is 13.2. The van der Waals surface area contributed by atoms with Crippen LogP contribution in [0.5, 0.6) is 0 Å². The highest BCUT2D eigenvalue weighted by molar-refractivity contribution is 7.89. The molecular formula is C21H25N3O5S. The molecule has 2 heterocycles. The number of aromatic nitrogens is 1. The largest absolute Gasteiger partial charge is 0.478 e. The van der Waals surface area contributed by atoms with Crippen molar-refractivity contribution in [1.29, 1.82) is 0 Å². The molecule has 1 N–H and O–H groups in total. The third-order valence-electron chi connectivity index (χ3n) is 5.13. The highest BCUT2D eigenvalue weighted by atomic mass is 32.2. The number of carbonyl (C=O) groups excluding carboxylic acids is 1. The smallest absolute Gasteiger partial charge is 0.336 e. The van der Waals surface area contributed by atoms with Gasteiger partial charge in [0.15, 0.2) is 0 Å². The Labute approximate surface area is 176 Å². The first-order chi connectivity index (χ1) is 14.4. The van der Waals surface area contributed by atoms with Gasteiger partial charge in [-0.15, -0.1) is 0 Å². The van der Waals surface area contributed by atoms with Crippen LogP contribution in [0.1, 0.15) is 45.5 Å². The van der Waals surface area contributed by atoms with Crippen molar-refractivity contribution < 1.29 is 23.1 Å². The Bertz CT molecular complexity index is 989. The predicted molar refractivity (Wildman–Crippen MR) is 112 cm³/mol. The first-order valence-electron chi connectivity index (χ1n) is 9.87. The van der Waals surface area contributed by atoms with E-state index in [0.717, 1.165) is 24.8 Å². The van der Waals surface area contributed by atoms with Crippen molar-refractivity contribution in [2.24, 2.45) is 0 Å². The zero-order valence-corrected chi connectivity index (χ0v) is 17.4. The molecule has 9 heteroatoms. The number of sulfonamides is 1. The van der Waals surface area contributed by atoms with Gasteiger partial charge in [-0.2, -0.15) is 0 Å². The number of pyridine rings is 1. The van der Waals surface area contributed by atoms with E-state index in [0.29, 0.717) is 13.1 Å². The summed E-state index contributed by atoms with van der Waals surface area (Å²) in [5.74, 6) is -1.93. The van der Waals surface area contributed by atoms with E-state index in [1.165, 1.54) is 21.3 Å². The van der Waals surface area contributed by atoms with Crippen molar-refractivity contribution in [1.82, 2.24) is 14.2 Å². The maximum absolute atomic E-state index is 13.2. The van der Waals surface area contributed by atoms with Crippen molar-refractivity contribution in [2.75, 3.05) is 25.4 Å². The van der Waals surface area contributed by atoms with Gasteiger partial charge in [-0.3, -0.25) is 9.78 Å². The molecular weight excluding hydrogens is 406 g/mol. The van der Waals surface area contributed by atoms with Crippen LogP contribution >= 0.6 is 0 Å². The fourth-order valence-corrected chi connectivity index (χ4v) is 5.01. The van der Waals surface area contributed by atoms with Crippen LogP contribution in [0.4, 0.5) is 0 Å². The van der Waals surface area contributed by atoms with Crippen LogP contribution in [0.2, 0.25) is 0 Å². The number of carboxylic acid groups (broad SMARTS) is 1. The molecule has 2 aromatic rings.